The van der Waals surface area contributed by atoms with Crippen LogP contribution < -0.4 is 0 Å². The van der Waals surface area contributed by atoms with Gasteiger partial charge in [0.05, 0.1) is 5.75 Å². The Bertz CT molecular complexity index is 404. The van der Waals surface area contributed by atoms with Crippen molar-refractivity contribution in [1.82, 2.24) is 14.5 Å². The molecule has 1 heterocycles. The number of aliphatic carboxylic acids is 1. The van der Waals surface area contributed by atoms with E-state index in [4.69, 9.17) is 5.11 Å². The van der Waals surface area contributed by atoms with E-state index in [1.54, 1.807) is 6.20 Å². The third-order valence-electron chi connectivity index (χ3n) is 2.90. The van der Waals surface area contributed by atoms with Crippen molar-refractivity contribution in [3.63, 3.8) is 0 Å². The zero-order valence-corrected chi connectivity index (χ0v) is 12.2. The summed E-state index contributed by atoms with van der Waals surface area (Å²) in [5.41, 5.74) is 1.07. The number of nitrogens with zero attached hydrogens (tertiary/aromatic N) is 3. The van der Waals surface area contributed by atoms with Crippen LogP contribution in [0.5, 0.6) is 0 Å². The van der Waals surface area contributed by atoms with E-state index in [0.29, 0.717) is 6.04 Å². The SMILES string of the molecule is Cc1cnc(SCC(=O)O)n1CCN(C)C(C)C. The highest BCUT2D eigenvalue weighted by Crippen LogP contribution is 2.18. The van der Waals surface area contributed by atoms with Crippen LogP contribution in [0.25, 0.3) is 0 Å². The van der Waals surface area contributed by atoms with Crippen molar-refractivity contribution in [1.29, 1.82) is 0 Å². The Morgan fingerprint density at radius 3 is 2.83 bits per heavy atom. The second-order valence-electron chi connectivity index (χ2n) is 4.59. The van der Waals surface area contributed by atoms with Gasteiger partial charge in [0.15, 0.2) is 5.16 Å². The largest absolute Gasteiger partial charge is 0.481 e. The predicted octanol–water partition coefficient (Wildman–Crippen LogP) is 1.71. The maximum absolute atomic E-state index is 10.6. The molecule has 0 spiro atoms. The highest BCUT2D eigenvalue weighted by molar-refractivity contribution is 7.99. The van der Waals surface area contributed by atoms with Crippen molar-refractivity contribution in [2.24, 2.45) is 0 Å². The second-order valence-corrected chi connectivity index (χ2v) is 5.53. The van der Waals surface area contributed by atoms with E-state index in [2.05, 4.69) is 35.3 Å². The first kappa shape index (κ1) is 15.0. The Morgan fingerprint density at radius 2 is 2.28 bits per heavy atom. The van der Waals surface area contributed by atoms with Gasteiger partial charge in [-0.2, -0.15) is 0 Å². The van der Waals surface area contributed by atoms with Crippen molar-refractivity contribution in [2.75, 3.05) is 19.3 Å². The van der Waals surface area contributed by atoms with Crippen molar-refractivity contribution in [3.05, 3.63) is 11.9 Å². The lowest BCUT2D eigenvalue weighted by Crippen LogP contribution is -2.30. The molecule has 0 atom stereocenters. The molecule has 0 saturated heterocycles. The number of thioether (sulfide) groups is 1. The number of carbonyl (C=O) groups is 1. The van der Waals surface area contributed by atoms with Gasteiger partial charge in [-0.15, -0.1) is 0 Å². The van der Waals surface area contributed by atoms with Crippen molar-refractivity contribution in [3.8, 4) is 0 Å². The standard InChI is InChI=1S/C12H21N3O2S/c1-9(2)14(4)5-6-15-10(3)7-13-12(15)18-8-11(16)17/h7,9H,5-6,8H2,1-4H3,(H,16,17). The maximum atomic E-state index is 10.6. The van der Waals surface area contributed by atoms with Crippen LogP contribution in [0, 0.1) is 6.92 Å². The van der Waals surface area contributed by atoms with E-state index in [1.807, 2.05) is 6.92 Å². The van der Waals surface area contributed by atoms with E-state index >= 15 is 0 Å². The summed E-state index contributed by atoms with van der Waals surface area (Å²) >= 11 is 1.27. The lowest BCUT2D eigenvalue weighted by atomic mass is 10.3. The average Bonchev–Trinajstić information content (AvgIpc) is 2.64. The van der Waals surface area contributed by atoms with Gasteiger partial charge < -0.3 is 14.6 Å². The molecule has 5 nitrogen and oxygen atoms in total. The molecular formula is C12H21N3O2S. The number of hydrogen-bond donors (Lipinski definition) is 1. The van der Waals surface area contributed by atoms with E-state index in [0.717, 1.165) is 23.9 Å². The van der Waals surface area contributed by atoms with E-state index in [9.17, 15) is 4.79 Å². The molecule has 0 amide bonds. The molecular weight excluding hydrogens is 250 g/mol. The van der Waals surface area contributed by atoms with E-state index < -0.39 is 5.97 Å². The van der Waals surface area contributed by atoms with E-state index in [1.165, 1.54) is 11.8 Å². The highest BCUT2D eigenvalue weighted by atomic mass is 32.2. The molecule has 1 aromatic rings. The Balaban J connectivity index is 2.63. The number of carboxylic acids is 1. The minimum atomic E-state index is -0.813. The number of hydrogen-bond acceptors (Lipinski definition) is 4. The first-order valence-electron chi connectivity index (χ1n) is 5.98. The minimum absolute atomic E-state index is 0.0521. The number of likely N-dealkylation sites (N-methyl/N-ethyl adjacent to an activating group) is 1. The van der Waals surface area contributed by atoms with Crippen LogP contribution in [0.4, 0.5) is 0 Å². The van der Waals surface area contributed by atoms with Crippen molar-refractivity contribution >= 4 is 17.7 Å². The third kappa shape index (κ3) is 4.34. The zero-order chi connectivity index (χ0) is 13.7. The number of aromatic nitrogens is 2. The fourth-order valence-electron chi connectivity index (χ4n) is 1.47. The topological polar surface area (TPSA) is 58.4 Å². The van der Waals surface area contributed by atoms with Crippen LogP contribution in [-0.2, 0) is 11.3 Å². The van der Waals surface area contributed by atoms with Crippen molar-refractivity contribution in [2.45, 2.75) is 38.5 Å². The fourth-order valence-corrected chi connectivity index (χ4v) is 2.24. The number of aryl methyl sites for hydroxylation is 1. The van der Waals surface area contributed by atoms with E-state index in [-0.39, 0.29) is 5.75 Å². The molecule has 1 N–H and O–H groups in total. The van der Waals surface area contributed by atoms with Crippen LogP contribution in [0.2, 0.25) is 0 Å². The van der Waals surface area contributed by atoms with Gasteiger partial charge in [0.25, 0.3) is 0 Å². The monoisotopic (exact) mass is 271 g/mol. The van der Waals surface area contributed by atoms with Crippen LogP contribution >= 0.6 is 11.8 Å². The normalized spacial score (nSPS) is 11.4. The number of imidazole rings is 1. The molecule has 0 fully saturated rings. The lowest BCUT2D eigenvalue weighted by molar-refractivity contribution is -0.133. The Labute approximate surface area is 112 Å². The van der Waals surface area contributed by atoms with Gasteiger partial charge in [-0.3, -0.25) is 4.79 Å². The van der Waals surface area contributed by atoms with Gasteiger partial charge in [-0.25, -0.2) is 4.98 Å². The summed E-state index contributed by atoms with van der Waals surface area (Å²) in [6.07, 6.45) is 1.79. The summed E-state index contributed by atoms with van der Waals surface area (Å²) < 4.78 is 2.08. The van der Waals surface area contributed by atoms with Crippen LogP contribution in [-0.4, -0.2) is 50.9 Å². The third-order valence-corrected chi connectivity index (χ3v) is 3.88. The van der Waals surface area contributed by atoms with Gasteiger partial charge in [0.1, 0.15) is 0 Å². The summed E-state index contributed by atoms with van der Waals surface area (Å²) in [5, 5.41) is 9.48. The quantitative estimate of drug-likeness (QED) is 0.765. The van der Waals surface area contributed by atoms with Gasteiger partial charge in [-0.1, -0.05) is 11.8 Å². The lowest BCUT2D eigenvalue weighted by Gasteiger charge is -2.22. The summed E-state index contributed by atoms with van der Waals surface area (Å²) in [4.78, 5) is 17.1. The first-order chi connectivity index (χ1) is 8.41. The van der Waals surface area contributed by atoms with Gasteiger partial charge in [0.2, 0.25) is 0 Å². The molecule has 0 unspecified atom stereocenters. The predicted molar refractivity (Wildman–Crippen MR) is 73.1 cm³/mol. The van der Waals surface area contributed by atoms with Crippen LogP contribution in [0.3, 0.4) is 0 Å². The molecule has 1 aromatic heterocycles. The smallest absolute Gasteiger partial charge is 0.313 e. The van der Waals surface area contributed by atoms with Crippen LogP contribution in [0.1, 0.15) is 19.5 Å². The Kier molecular flexibility index (Phi) is 5.68. The van der Waals surface area contributed by atoms with Gasteiger partial charge in [0, 0.05) is 31.0 Å². The molecule has 1 rings (SSSR count). The zero-order valence-electron chi connectivity index (χ0n) is 11.4. The molecule has 6 heteroatoms. The molecule has 0 aliphatic heterocycles. The molecule has 0 bridgehead atoms. The maximum Gasteiger partial charge on any atom is 0.313 e. The first-order valence-corrected chi connectivity index (χ1v) is 6.97. The summed E-state index contributed by atoms with van der Waals surface area (Å²) in [5.74, 6) is -0.761. The summed E-state index contributed by atoms with van der Waals surface area (Å²) in [6.45, 7) is 8.06. The Hall–Kier alpha value is -1.01. The van der Waals surface area contributed by atoms with Gasteiger partial charge >= 0.3 is 5.97 Å². The Morgan fingerprint density at radius 1 is 1.61 bits per heavy atom. The average molecular weight is 271 g/mol. The van der Waals surface area contributed by atoms with Crippen LogP contribution in [0.15, 0.2) is 11.4 Å². The highest BCUT2D eigenvalue weighted by Gasteiger charge is 2.11. The summed E-state index contributed by atoms with van der Waals surface area (Å²) in [6, 6.07) is 0.504. The number of rotatable bonds is 7. The summed E-state index contributed by atoms with van der Waals surface area (Å²) in [7, 11) is 2.08. The molecule has 0 aromatic carbocycles. The minimum Gasteiger partial charge on any atom is -0.481 e. The molecule has 0 aliphatic carbocycles. The van der Waals surface area contributed by atoms with Gasteiger partial charge in [-0.05, 0) is 27.8 Å². The molecule has 102 valence electrons. The fraction of sp³-hybridized carbons (Fsp3) is 0.667. The second kappa shape index (κ2) is 6.80. The number of carboxylic acid groups (broad SMARTS) is 1. The molecule has 0 radical (unpaired) electrons. The molecule has 0 saturated carbocycles. The molecule has 18 heavy (non-hydrogen) atoms. The van der Waals surface area contributed by atoms with Crippen molar-refractivity contribution < 1.29 is 9.90 Å². The molecule has 0 aliphatic rings.